The van der Waals surface area contributed by atoms with Crippen LogP contribution in [0.15, 0.2) is 30.3 Å². The molecule has 0 radical (unpaired) electrons. The van der Waals surface area contributed by atoms with Gasteiger partial charge in [0.2, 0.25) is 0 Å². The largest absolute Gasteiger partial charge is 0.446 e. The smallest absolute Gasteiger partial charge is 0.362 e. The molecular weight excluding hydrogens is 232 g/mol. The highest BCUT2D eigenvalue weighted by Gasteiger charge is 2.06. The van der Waals surface area contributed by atoms with Crippen molar-refractivity contribution in [2.75, 3.05) is 0 Å². The van der Waals surface area contributed by atoms with Crippen molar-refractivity contribution < 1.29 is 21.9 Å². The third-order valence-corrected chi connectivity index (χ3v) is 1.97. The third kappa shape index (κ3) is 4.72. The second kappa shape index (κ2) is 4.91. The molecule has 0 saturated heterocycles. The highest BCUT2D eigenvalue weighted by molar-refractivity contribution is 7.81. The summed E-state index contributed by atoms with van der Waals surface area (Å²) in [4.78, 5) is 10.7. The van der Waals surface area contributed by atoms with E-state index in [1.807, 2.05) is 0 Å². The summed E-state index contributed by atoms with van der Waals surface area (Å²) in [5.41, 5.74) is 0.594. The van der Waals surface area contributed by atoms with Crippen molar-refractivity contribution in [2.24, 2.45) is 0 Å². The number of rotatable bonds is 4. The molecule has 0 aliphatic heterocycles. The van der Waals surface area contributed by atoms with Gasteiger partial charge in [-0.15, -0.1) is 0 Å². The fourth-order valence-corrected chi connectivity index (χ4v) is 1.35. The Hall–Kier alpha value is -1.66. The van der Waals surface area contributed by atoms with Crippen LogP contribution in [0, 0.1) is 0 Å². The molecule has 0 atom stereocenters. The van der Waals surface area contributed by atoms with E-state index in [1.165, 1.54) is 31.2 Å². The Bertz CT molecular complexity index is 516. The minimum atomic E-state index is -4.52. The fourth-order valence-electron chi connectivity index (χ4n) is 1.01. The van der Waals surface area contributed by atoms with Crippen LogP contribution < -0.4 is 4.18 Å². The van der Waals surface area contributed by atoms with Crippen LogP contribution in [0.1, 0.15) is 12.5 Å². The highest BCUT2D eigenvalue weighted by Crippen LogP contribution is 2.15. The van der Waals surface area contributed by atoms with E-state index < -0.39 is 10.4 Å². The zero-order valence-corrected chi connectivity index (χ0v) is 9.27. The molecule has 0 saturated carbocycles. The first-order valence-electron chi connectivity index (χ1n) is 4.32. The molecule has 0 aromatic heterocycles. The minimum Gasteiger partial charge on any atom is -0.362 e. The molecule has 1 aromatic rings. The number of carbonyl (C=O) groups excluding carboxylic acids is 1. The predicted octanol–water partition coefficient (Wildman–Crippen LogP) is 1.47. The van der Waals surface area contributed by atoms with Crippen molar-refractivity contribution in [3.63, 3.8) is 0 Å². The van der Waals surface area contributed by atoms with Crippen molar-refractivity contribution in [3.8, 4) is 5.75 Å². The van der Waals surface area contributed by atoms with Gasteiger partial charge in [-0.1, -0.05) is 18.2 Å². The summed E-state index contributed by atoms with van der Waals surface area (Å²) < 4.78 is 33.6. The van der Waals surface area contributed by atoms with Gasteiger partial charge in [0.15, 0.2) is 5.78 Å². The van der Waals surface area contributed by atoms with Crippen LogP contribution in [-0.4, -0.2) is 18.8 Å². The van der Waals surface area contributed by atoms with E-state index in [1.54, 1.807) is 12.1 Å². The quantitative estimate of drug-likeness (QED) is 0.638. The molecule has 0 amide bonds. The number of carbonyl (C=O) groups is 1. The van der Waals surface area contributed by atoms with Gasteiger partial charge in [-0.3, -0.25) is 9.35 Å². The van der Waals surface area contributed by atoms with Crippen LogP contribution >= 0.6 is 0 Å². The Morgan fingerprint density at radius 2 is 2.12 bits per heavy atom. The predicted molar refractivity (Wildman–Crippen MR) is 58.3 cm³/mol. The van der Waals surface area contributed by atoms with Crippen LogP contribution in [0.25, 0.3) is 6.08 Å². The third-order valence-electron chi connectivity index (χ3n) is 1.57. The van der Waals surface area contributed by atoms with E-state index in [0.717, 1.165) is 0 Å². The van der Waals surface area contributed by atoms with Gasteiger partial charge in [-0.05, 0) is 30.7 Å². The molecule has 1 aromatic carbocycles. The molecular formula is C10H10O5S. The molecule has 0 heterocycles. The van der Waals surface area contributed by atoms with E-state index >= 15 is 0 Å². The zero-order valence-electron chi connectivity index (χ0n) is 8.45. The standard InChI is InChI=1S/C10H10O5S/c1-8(11)5-6-9-3-2-4-10(7-9)15-16(12,13)14/h2-7H,1H3,(H,12,13,14)/b6-5+. The number of allylic oxidation sites excluding steroid dienone is 1. The van der Waals surface area contributed by atoms with Gasteiger partial charge in [0, 0.05) is 0 Å². The van der Waals surface area contributed by atoms with Crippen LogP contribution in [-0.2, 0) is 15.2 Å². The summed E-state index contributed by atoms with van der Waals surface area (Å²) in [5.74, 6) is -0.144. The second-order valence-electron chi connectivity index (χ2n) is 3.03. The van der Waals surface area contributed by atoms with Crippen molar-refractivity contribution in [1.29, 1.82) is 0 Å². The Balaban J connectivity index is 2.91. The van der Waals surface area contributed by atoms with E-state index in [4.69, 9.17) is 4.55 Å². The Morgan fingerprint density at radius 3 is 2.69 bits per heavy atom. The van der Waals surface area contributed by atoms with Gasteiger partial charge in [0.25, 0.3) is 0 Å². The molecule has 6 heteroatoms. The van der Waals surface area contributed by atoms with E-state index in [-0.39, 0.29) is 11.5 Å². The van der Waals surface area contributed by atoms with Crippen molar-refractivity contribution >= 4 is 22.3 Å². The first-order valence-corrected chi connectivity index (χ1v) is 5.69. The average Bonchev–Trinajstić information content (AvgIpc) is 2.12. The number of hydrogen-bond donors (Lipinski definition) is 1. The molecule has 5 nitrogen and oxygen atoms in total. The first kappa shape index (κ1) is 12.4. The zero-order chi connectivity index (χ0) is 12.2. The lowest BCUT2D eigenvalue weighted by molar-refractivity contribution is -0.112. The molecule has 1 N–H and O–H groups in total. The van der Waals surface area contributed by atoms with E-state index in [2.05, 4.69) is 4.18 Å². The van der Waals surface area contributed by atoms with Gasteiger partial charge in [0.1, 0.15) is 5.75 Å². The summed E-state index contributed by atoms with van der Waals surface area (Å²) in [5, 5.41) is 0. The minimum absolute atomic E-state index is 0.0202. The monoisotopic (exact) mass is 242 g/mol. The average molecular weight is 242 g/mol. The maximum atomic E-state index is 10.7. The van der Waals surface area contributed by atoms with E-state index in [9.17, 15) is 13.2 Å². The molecule has 86 valence electrons. The molecule has 0 spiro atoms. The lowest BCUT2D eigenvalue weighted by Crippen LogP contribution is -2.06. The number of hydrogen-bond acceptors (Lipinski definition) is 4. The lowest BCUT2D eigenvalue weighted by Gasteiger charge is -2.01. The fraction of sp³-hybridized carbons (Fsp3) is 0.100. The maximum Gasteiger partial charge on any atom is 0.446 e. The molecule has 0 unspecified atom stereocenters. The SMILES string of the molecule is CC(=O)/C=C/c1cccc(OS(=O)(=O)O)c1. The molecule has 0 aliphatic rings. The van der Waals surface area contributed by atoms with Crippen LogP contribution in [0.3, 0.4) is 0 Å². The first-order chi connectivity index (χ1) is 7.37. The summed E-state index contributed by atoms with van der Waals surface area (Å²) in [6.45, 7) is 1.40. The Morgan fingerprint density at radius 1 is 1.44 bits per heavy atom. The number of benzene rings is 1. The molecule has 0 bridgehead atoms. The van der Waals surface area contributed by atoms with Crippen molar-refractivity contribution in [3.05, 3.63) is 35.9 Å². The van der Waals surface area contributed by atoms with E-state index in [0.29, 0.717) is 5.56 Å². The Labute approximate surface area is 93.3 Å². The van der Waals surface area contributed by atoms with Crippen LogP contribution in [0.4, 0.5) is 0 Å². The molecule has 0 aliphatic carbocycles. The molecule has 1 rings (SSSR count). The van der Waals surface area contributed by atoms with Crippen LogP contribution in [0.5, 0.6) is 5.75 Å². The van der Waals surface area contributed by atoms with Gasteiger partial charge in [-0.25, -0.2) is 0 Å². The topological polar surface area (TPSA) is 80.7 Å². The van der Waals surface area contributed by atoms with Gasteiger partial charge < -0.3 is 4.18 Å². The lowest BCUT2D eigenvalue weighted by atomic mass is 10.2. The molecule has 16 heavy (non-hydrogen) atoms. The summed E-state index contributed by atoms with van der Waals surface area (Å²) in [6, 6.07) is 5.96. The van der Waals surface area contributed by atoms with Crippen LogP contribution in [0.2, 0.25) is 0 Å². The van der Waals surface area contributed by atoms with Gasteiger partial charge in [-0.2, -0.15) is 8.42 Å². The second-order valence-corrected chi connectivity index (χ2v) is 4.05. The number of ketones is 1. The van der Waals surface area contributed by atoms with Gasteiger partial charge in [0.05, 0.1) is 0 Å². The summed E-state index contributed by atoms with van der Waals surface area (Å²) in [7, 11) is -4.52. The summed E-state index contributed by atoms with van der Waals surface area (Å²) in [6.07, 6.45) is 2.85. The Kier molecular flexibility index (Phi) is 3.81. The molecule has 0 fully saturated rings. The van der Waals surface area contributed by atoms with Crippen molar-refractivity contribution in [1.82, 2.24) is 0 Å². The van der Waals surface area contributed by atoms with Gasteiger partial charge >= 0.3 is 10.4 Å². The summed E-state index contributed by atoms with van der Waals surface area (Å²) >= 11 is 0. The highest BCUT2D eigenvalue weighted by atomic mass is 32.3. The normalized spacial score (nSPS) is 11.6. The van der Waals surface area contributed by atoms with Crippen molar-refractivity contribution in [2.45, 2.75) is 6.92 Å². The maximum absolute atomic E-state index is 10.7.